The van der Waals surface area contributed by atoms with E-state index in [4.69, 9.17) is 5.11 Å². The second kappa shape index (κ2) is 5.60. The minimum atomic E-state index is -4.34. The quantitative estimate of drug-likeness (QED) is 0.879. The van der Waals surface area contributed by atoms with Crippen LogP contribution in [0.3, 0.4) is 0 Å². The number of benzene rings is 1. The summed E-state index contributed by atoms with van der Waals surface area (Å²) in [5.74, 6) is 0. The van der Waals surface area contributed by atoms with Crippen molar-refractivity contribution >= 4 is 11.8 Å². The largest absolute Gasteiger partial charge is 0.465 e. The van der Waals surface area contributed by atoms with Gasteiger partial charge in [0.25, 0.3) is 0 Å². The van der Waals surface area contributed by atoms with Crippen molar-refractivity contribution in [3.05, 3.63) is 29.8 Å². The maximum Gasteiger partial charge on any atom is 0.416 e. The highest BCUT2D eigenvalue weighted by molar-refractivity contribution is 5.65. The lowest BCUT2D eigenvalue weighted by atomic mass is 10.0. The van der Waals surface area contributed by atoms with Crippen molar-refractivity contribution in [1.29, 1.82) is 0 Å². The fourth-order valence-corrected chi connectivity index (χ4v) is 2.37. The van der Waals surface area contributed by atoms with Crippen molar-refractivity contribution in [3.8, 4) is 0 Å². The molecule has 1 fully saturated rings. The van der Waals surface area contributed by atoms with Gasteiger partial charge in [-0.05, 0) is 37.1 Å². The summed E-state index contributed by atoms with van der Waals surface area (Å²) in [6.07, 6.45) is -3.88. The van der Waals surface area contributed by atoms with Gasteiger partial charge in [0.15, 0.2) is 0 Å². The van der Waals surface area contributed by atoms with Crippen LogP contribution in [0.2, 0.25) is 0 Å². The van der Waals surface area contributed by atoms with Crippen LogP contribution in [0.1, 0.15) is 18.4 Å². The Labute approximate surface area is 114 Å². The number of anilines is 1. The Morgan fingerprint density at radius 3 is 2.50 bits per heavy atom. The number of halogens is 3. The molecule has 0 aromatic heterocycles. The van der Waals surface area contributed by atoms with E-state index in [1.165, 1.54) is 12.1 Å². The molecule has 0 bridgehead atoms. The Morgan fingerprint density at radius 1 is 1.30 bits per heavy atom. The Kier molecular flexibility index (Phi) is 4.06. The van der Waals surface area contributed by atoms with Crippen molar-refractivity contribution in [1.82, 2.24) is 5.32 Å². The van der Waals surface area contributed by atoms with E-state index >= 15 is 0 Å². The molecule has 1 aromatic carbocycles. The van der Waals surface area contributed by atoms with Crippen LogP contribution in [-0.4, -0.2) is 30.3 Å². The third kappa shape index (κ3) is 3.55. The number of amides is 1. The molecule has 20 heavy (non-hydrogen) atoms. The highest BCUT2D eigenvalue weighted by Gasteiger charge is 2.30. The molecule has 110 valence electrons. The van der Waals surface area contributed by atoms with Crippen molar-refractivity contribution in [2.75, 3.05) is 18.0 Å². The molecule has 7 heteroatoms. The molecule has 0 radical (unpaired) electrons. The molecule has 1 amide bonds. The smallest absolute Gasteiger partial charge is 0.416 e. The monoisotopic (exact) mass is 288 g/mol. The molecule has 2 rings (SSSR count). The SMILES string of the molecule is O=C(O)N[C@@H]1CCCN(c2ccc(C(F)(F)F)cc2)C1. The van der Waals surface area contributed by atoms with Crippen molar-refractivity contribution in [3.63, 3.8) is 0 Å². The lowest BCUT2D eigenvalue weighted by molar-refractivity contribution is -0.137. The Hall–Kier alpha value is -1.92. The van der Waals surface area contributed by atoms with E-state index < -0.39 is 17.8 Å². The zero-order valence-corrected chi connectivity index (χ0v) is 10.7. The van der Waals surface area contributed by atoms with Gasteiger partial charge in [0.2, 0.25) is 0 Å². The Balaban J connectivity index is 2.05. The summed E-state index contributed by atoms with van der Waals surface area (Å²) in [5, 5.41) is 11.1. The van der Waals surface area contributed by atoms with Crippen LogP contribution in [0.4, 0.5) is 23.7 Å². The molecule has 1 aromatic rings. The van der Waals surface area contributed by atoms with E-state index in [0.29, 0.717) is 18.8 Å². The lowest BCUT2D eigenvalue weighted by Gasteiger charge is -2.34. The van der Waals surface area contributed by atoms with Crippen LogP contribution >= 0.6 is 0 Å². The van der Waals surface area contributed by atoms with Crippen LogP contribution < -0.4 is 10.2 Å². The predicted molar refractivity (Wildman–Crippen MR) is 67.8 cm³/mol. The molecule has 2 N–H and O–H groups in total. The number of piperidine rings is 1. The zero-order chi connectivity index (χ0) is 14.8. The number of hydrogen-bond acceptors (Lipinski definition) is 2. The summed E-state index contributed by atoms with van der Waals surface area (Å²) in [6.45, 7) is 1.18. The summed E-state index contributed by atoms with van der Waals surface area (Å²) < 4.78 is 37.4. The van der Waals surface area contributed by atoms with Crippen molar-refractivity contribution in [2.24, 2.45) is 0 Å². The summed E-state index contributed by atoms with van der Waals surface area (Å²) >= 11 is 0. The summed E-state index contributed by atoms with van der Waals surface area (Å²) in [6, 6.07) is 4.74. The molecule has 1 aliphatic heterocycles. The first-order valence-corrected chi connectivity index (χ1v) is 6.28. The van der Waals surface area contributed by atoms with E-state index in [1.54, 1.807) is 0 Å². The standard InChI is InChI=1S/C13H15F3N2O2/c14-13(15,16)9-3-5-11(6-4-9)18-7-1-2-10(8-18)17-12(19)20/h3-6,10,17H,1-2,7-8H2,(H,19,20)/t10-/m1/s1. The number of hydrogen-bond donors (Lipinski definition) is 2. The molecule has 1 atom stereocenters. The molecule has 0 aliphatic carbocycles. The maximum absolute atomic E-state index is 12.5. The lowest BCUT2D eigenvalue weighted by Crippen LogP contribution is -2.47. The van der Waals surface area contributed by atoms with Gasteiger partial charge in [-0.3, -0.25) is 0 Å². The van der Waals surface area contributed by atoms with E-state index in [2.05, 4.69) is 5.32 Å². The Morgan fingerprint density at radius 2 is 1.95 bits per heavy atom. The Bertz CT molecular complexity index is 473. The fourth-order valence-electron chi connectivity index (χ4n) is 2.37. The van der Waals surface area contributed by atoms with Gasteiger partial charge in [-0.15, -0.1) is 0 Å². The van der Waals surface area contributed by atoms with Gasteiger partial charge in [-0.25, -0.2) is 4.79 Å². The van der Waals surface area contributed by atoms with Gasteiger partial charge in [0.1, 0.15) is 0 Å². The van der Waals surface area contributed by atoms with Gasteiger partial charge in [-0.1, -0.05) is 0 Å². The minimum Gasteiger partial charge on any atom is -0.465 e. The second-order valence-corrected chi connectivity index (χ2v) is 4.78. The average molecular weight is 288 g/mol. The van der Waals surface area contributed by atoms with Gasteiger partial charge in [0.05, 0.1) is 5.56 Å². The molecule has 1 saturated heterocycles. The first-order valence-electron chi connectivity index (χ1n) is 6.28. The van der Waals surface area contributed by atoms with Crippen LogP contribution in [-0.2, 0) is 6.18 Å². The minimum absolute atomic E-state index is 0.191. The highest BCUT2D eigenvalue weighted by Crippen LogP contribution is 2.31. The number of carbonyl (C=O) groups is 1. The first-order chi connectivity index (χ1) is 9.36. The number of nitrogens with one attached hydrogen (secondary N) is 1. The molecule has 0 unspecified atom stereocenters. The number of nitrogens with zero attached hydrogens (tertiary/aromatic N) is 1. The molecule has 0 saturated carbocycles. The van der Waals surface area contributed by atoms with Crippen LogP contribution in [0.5, 0.6) is 0 Å². The maximum atomic E-state index is 12.5. The van der Waals surface area contributed by atoms with Crippen molar-refractivity contribution in [2.45, 2.75) is 25.1 Å². The third-order valence-corrected chi connectivity index (χ3v) is 3.31. The van der Waals surface area contributed by atoms with E-state index in [9.17, 15) is 18.0 Å². The zero-order valence-electron chi connectivity index (χ0n) is 10.7. The van der Waals surface area contributed by atoms with Gasteiger partial charge >= 0.3 is 12.3 Å². The van der Waals surface area contributed by atoms with E-state index in [0.717, 1.165) is 25.0 Å². The second-order valence-electron chi connectivity index (χ2n) is 4.78. The number of alkyl halides is 3. The third-order valence-electron chi connectivity index (χ3n) is 3.31. The van der Waals surface area contributed by atoms with Gasteiger partial charge in [-0.2, -0.15) is 13.2 Å². The summed E-state index contributed by atoms with van der Waals surface area (Å²) in [4.78, 5) is 12.5. The average Bonchev–Trinajstić information content (AvgIpc) is 2.37. The first kappa shape index (κ1) is 14.5. The topological polar surface area (TPSA) is 52.6 Å². The number of rotatable bonds is 2. The van der Waals surface area contributed by atoms with Gasteiger partial charge < -0.3 is 15.3 Å². The normalized spacial score (nSPS) is 19.8. The highest BCUT2D eigenvalue weighted by atomic mass is 19.4. The molecule has 0 spiro atoms. The van der Waals surface area contributed by atoms with E-state index in [-0.39, 0.29) is 6.04 Å². The predicted octanol–water partition coefficient (Wildman–Crippen LogP) is 2.94. The molecule has 1 heterocycles. The van der Waals surface area contributed by atoms with E-state index in [1.807, 2.05) is 4.90 Å². The van der Waals surface area contributed by atoms with Crippen LogP contribution in [0.15, 0.2) is 24.3 Å². The number of carboxylic acid groups (broad SMARTS) is 1. The molecular weight excluding hydrogens is 273 g/mol. The van der Waals surface area contributed by atoms with Crippen LogP contribution in [0.25, 0.3) is 0 Å². The molecule has 4 nitrogen and oxygen atoms in total. The summed E-state index contributed by atoms with van der Waals surface area (Å²) in [5.41, 5.74) is -0.00615. The molecule has 1 aliphatic rings. The molecular formula is C13H15F3N2O2. The van der Waals surface area contributed by atoms with Gasteiger partial charge in [0, 0.05) is 24.8 Å². The van der Waals surface area contributed by atoms with Crippen LogP contribution in [0, 0.1) is 0 Å². The fraction of sp³-hybridized carbons (Fsp3) is 0.462. The summed E-state index contributed by atoms with van der Waals surface area (Å²) in [7, 11) is 0. The van der Waals surface area contributed by atoms with Crippen molar-refractivity contribution < 1.29 is 23.1 Å².